The van der Waals surface area contributed by atoms with Crippen LogP contribution in [0.1, 0.15) is 51.4 Å². The van der Waals surface area contributed by atoms with Gasteiger partial charge in [-0.25, -0.2) is 0 Å². The summed E-state index contributed by atoms with van der Waals surface area (Å²) in [4.78, 5) is 11.9. The first-order valence-electron chi connectivity index (χ1n) is 7.21. The first-order chi connectivity index (χ1) is 8.36. The van der Waals surface area contributed by atoms with Gasteiger partial charge in [0.1, 0.15) is 5.78 Å². The maximum atomic E-state index is 11.9. The standard InChI is InChI=1S/C14H25NO2/c16-14(12-4-2-1-3-5-12)8-11-17-13-6-9-15-10-7-13/h12-13,15H,1-11H2. The highest BCUT2D eigenvalue weighted by atomic mass is 16.5. The number of carbonyl (C=O) groups is 1. The number of hydrogen-bond acceptors (Lipinski definition) is 3. The second kappa shape index (κ2) is 7.12. The van der Waals surface area contributed by atoms with Gasteiger partial charge in [0.05, 0.1) is 12.7 Å². The van der Waals surface area contributed by atoms with Crippen molar-refractivity contribution in [3.05, 3.63) is 0 Å². The zero-order valence-electron chi connectivity index (χ0n) is 10.7. The first kappa shape index (κ1) is 13.0. The normalized spacial score (nSPS) is 23.8. The van der Waals surface area contributed by atoms with Gasteiger partial charge in [0, 0.05) is 12.3 Å². The molecule has 0 aromatic heterocycles. The Kier molecular flexibility index (Phi) is 5.46. The molecule has 0 aromatic rings. The van der Waals surface area contributed by atoms with Crippen molar-refractivity contribution in [2.24, 2.45) is 5.92 Å². The van der Waals surface area contributed by atoms with Crippen LogP contribution < -0.4 is 5.32 Å². The molecule has 0 unspecified atom stereocenters. The molecule has 2 rings (SSSR count). The van der Waals surface area contributed by atoms with E-state index in [1.165, 1.54) is 19.3 Å². The van der Waals surface area contributed by atoms with Crippen LogP contribution in [0.3, 0.4) is 0 Å². The monoisotopic (exact) mass is 239 g/mol. The molecule has 1 aliphatic carbocycles. The van der Waals surface area contributed by atoms with E-state index in [2.05, 4.69) is 5.32 Å². The third-order valence-electron chi connectivity index (χ3n) is 4.05. The second-order valence-electron chi connectivity index (χ2n) is 5.37. The number of carbonyl (C=O) groups excluding carboxylic acids is 1. The van der Waals surface area contributed by atoms with Crippen LogP contribution in [0.2, 0.25) is 0 Å². The topological polar surface area (TPSA) is 38.3 Å². The van der Waals surface area contributed by atoms with E-state index in [1.54, 1.807) is 0 Å². The fraction of sp³-hybridized carbons (Fsp3) is 0.929. The Morgan fingerprint density at radius 3 is 2.47 bits per heavy atom. The minimum absolute atomic E-state index is 0.348. The van der Waals surface area contributed by atoms with Crippen LogP contribution >= 0.6 is 0 Å². The molecule has 0 bridgehead atoms. The van der Waals surface area contributed by atoms with Crippen LogP contribution in [-0.2, 0) is 9.53 Å². The molecule has 0 spiro atoms. The fourth-order valence-electron chi connectivity index (χ4n) is 2.92. The average Bonchev–Trinajstić information content (AvgIpc) is 2.41. The van der Waals surface area contributed by atoms with Gasteiger partial charge in [-0.3, -0.25) is 4.79 Å². The molecule has 1 saturated heterocycles. The largest absolute Gasteiger partial charge is 0.378 e. The molecular formula is C14H25NO2. The van der Waals surface area contributed by atoms with Crippen molar-refractivity contribution in [2.45, 2.75) is 57.5 Å². The Morgan fingerprint density at radius 2 is 1.76 bits per heavy atom. The molecule has 3 heteroatoms. The number of nitrogens with one attached hydrogen (secondary N) is 1. The number of rotatable bonds is 5. The van der Waals surface area contributed by atoms with Gasteiger partial charge in [0.25, 0.3) is 0 Å². The number of piperidine rings is 1. The van der Waals surface area contributed by atoms with Gasteiger partial charge in [0.15, 0.2) is 0 Å². The molecule has 1 saturated carbocycles. The summed E-state index contributed by atoms with van der Waals surface area (Å²) in [5.41, 5.74) is 0. The lowest BCUT2D eigenvalue weighted by atomic mass is 9.85. The van der Waals surface area contributed by atoms with E-state index in [0.29, 0.717) is 30.8 Å². The molecule has 1 aliphatic heterocycles. The predicted molar refractivity (Wildman–Crippen MR) is 68.0 cm³/mol. The van der Waals surface area contributed by atoms with Crippen LogP contribution in [0, 0.1) is 5.92 Å². The molecule has 2 fully saturated rings. The van der Waals surface area contributed by atoms with Crippen LogP contribution in [0.15, 0.2) is 0 Å². The highest BCUT2D eigenvalue weighted by molar-refractivity contribution is 5.81. The number of ether oxygens (including phenoxy) is 1. The lowest BCUT2D eigenvalue weighted by molar-refractivity contribution is -0.125. The lowest BCUT2D eigenvalue weighted by Crippen LogP contribution is -2.33. The van der Waals surface area contributed by atoms with E-state index in [-0.39, 0.29) is 0 Å². The summed E-state index contributed by atoms with van der Waals surface area (Å²) in [6.07, 6.45) is 9.24. The minimum Gasteiger partial charge on any atom is -0.378 e. The molecule has 0 radical (unpaired) electrons. The van der Waals surface area contributed by atoms with Gasteiger partial charge in [-0.1, -0.05) is 19.3 Å². The zero-order chi connectivity index (χ0) is 11.9. The summed E-state index contributed by atoms with van der Waals surface area (Å²) in [5.74, 6) is 0.791. The summed E-state index contributed by atoms with van der Waals surface area (Å²) in [7, 11) is 0. The molecule has 0 amide bonds. The van der Waals surface area contributed by atoms with Crippen LogP contribution in [0.5, 0.6) is 0 Å². The smallest absolute Gasteiger partial charge is 0.138 e. The molecular weight excluding hydrogens is 214 g/mol. The van der Waals surface area contributed by atoms with E-state index in [0.717, 1.165) is 38.8 Å². The third kappa shape index (κ3) is 4.40. The lowest BCUT2D eigenvalue weighted by Gasteiger charge is -2.24. The molecule has 98 valence electrons. The van der Waals surface area contributed by atoms with E-state index in [1.807, 2.05) is 0 Å². The zero-order valence-corrected chi connectivity index (χ0v) is 10.7. The van der Waals surface area contributed by atoms with Crippen molar-refractivity contribution in [1.82, 2.24) is 5.32 Å². The average molecular weight is 239 g/mol. The third-order valence-corrected chi connectivity index (χ3v) is 4.05. The van der Waals surface area contributed by atoms with Crippen LogP contribution in [0.25, 0.3) is 0 Å². The number of Topliss-reactive ketones (excluding diaryl/α,β-unsaturated/α-hetero) is 1. The Morgan fingerprint density at radius 1 is 1.06 bits per heavy atom. The van der Waals surface area contributed by atoms with Crippen molar-refractivity contribution in [2.75, 3.05) is 19.7 Å². The Hall–Kier alpha value is -0.410. The van der Waals surface area contributed by atoms with Gasteiger partial charge in [-0.05, 0) is 38.8 Å². The van der Waals surface area contributed by atoms with Crippen LogP contribution in [-0.4, -0.2) is 31.6 Å². The summed E-state index contributed by atoms with van der Waals surface area (Å²) in [6.45, 7) is 2.75. The van der Waals surface area contributed by atoms with Crippen LogP contribution in [0.4, 0.5) is 0 Å². The molecule has 1 heterocycles. The maximum absolute atomic E-state index is 11.9. The molecule has 0 atom stereocenters. The maximum Gasteiger partial charge on any atom is 0.138 e. The molecule has 1 N–H and O–H groups in total. The van der Waals surface area contributed by atoms with Crippen molar-refractivity contribution in [1.29, 1.82) is 0 Å². The predicted octanol–water partition coefficient (Wildman–Crippen LogP) is 2.29. The summed E-state index contributed by atoms with van der Waals surface area (Å²) in [5, 5.41) is 3.32. The number of ketones is 1. The highest BCUT2D eigenvalue weighted by Crippen LogP contribution is 2.25. The van der Waals surface area contributed by atoms with E-state index < -0.39 is 0 Å². The molecule has 17 heavy (non-hydrogen) atoms. The van der Waals surface area contributed by atoms with Gasteiger partial charge >= 0.3 is 0 Å². The van der Waals surface area contributed by atoms with Crippen molar-refractivity contribution >= 4 is 5.78 Å². The van der Waals surface area contributed by atoms with Gasteiger partial charge in [-0.15, -0.1) is 0 Å². The quantitative estimate of drug-likeness (QED) is 0.800. The van der Waals surface area contributed by atoms with E-state index in [4.69, 9.17) is 4.74 Å². The van der Waals surface area contributed by atoms with E-state index >= 15 is 0 Å². The summed E-state index contributed by atoms with van der Waals surface area (Å²) >= 11 is 0. The summed E-state index contributed by atoms with van der Waals surface area (Å²) < 4.78 is 5.78. The van der Waals surface area contributed by atoms with Gasteiger partial charge in [-0.2, -0.15) is 0 Å². The Bertz CT molecular complexity index is 230. The van der Waals surface area contributed by atoms with Gasteiger partial charge < -0.3 is 10.1 Å². The molecule has 3 nitrogen and oxygen atoms in total. The van der Waals surface area contributed by atoms with Crippen molar-refractivity contribution in [3.8, 4) is 0 Å². The highest BCUT2D eigenvalue weighted by Gasteiger charge is 2.21. The minimum atomic E-state index is 0.348. The van der Waals surface area contributed by atoms with Crippen molar-refractivity contribution < 1.29 is 9.53 Å². The molecule has 2 aliphatic rings. The second-order valence-corrected chi connectivity index (χ2v) is 5.37. The Labute approximate surface area is 104 Å². The first-order valence-corrected chi connectivity index (χ1v) is 7.21. The van der Waals surface area contributed by atoms with E-state index in [9.17, 15) is 4.79 Å². The molecule has 0 aromatic carbocycles. The fourth-order valence-corrected chi connectivity index (χ4v) is 2.92. The SMILES string of the molecule is O=C(CCOC1CCNCC1)C1CCCCC1. The Balaban J connectivity index is 1.58. The van der Waals surface area contributed by atoms with Gasteiger partial charge in [0.2, 0.25) is 0 Å². The van der Waals surface area contributed by atoms with Crippen molar-refractivity contribution in [3.63, 3.8) is 0 Å². The number of hydrogen-bond donors (Lipinski definition) is 1. The summed E-state index contributed by atoms with van der Waals surface area (Å²) in [6, 6.07) is 0.